The van der Waals surface area contributed by atoms with Crippen LogP contribution in [0, 0.1) is 12.7 Å². The minimum absolute atomic E-state index is 0.0849. The van der Waals surface area contributed by atoms with Crippen LogP contribution >= 0.6 is 11.6 Å². The number of aryl methyl sites for hydroxylation is 1. The van der Waals surface area contributed by atoms with Crippen molar-refractivity contribution < 1.29 is 47.8 Å². The van der Waals surface area contributed by atoms with Crippen molar-refractivity contribution >= 4 is 58.8 Å². The van der Waals surface area contributed by atoms with Crippen LogP contribution < -0.4 is 21.3 Å². The van der Waals surface area contributed by atoms with Crippen LogP contribution in [-0.4, -0.2) is 129 Å². The zero-order valence-electron chi connectivity index (χ0n) is 32.5. The van der Waals surface area contributed by atoms with Crippen molar-refractivity contribution in [1.82, 2.24) is 30.7 Å². The fourth-order valence-corrected chi connectivity index (χ4v) is 8.34. The van der Waals surface area contributed by atoms with E-state index in [1.807, 2.05) is 13.0 Å². The molecule has 58 heavy (non-hydrogen) atoms. The van der Waals surface area contributed by atoms with Gasteiger partial charge in [0.05, 0.1) is 11.8 Å². The SMILES string of the molecule is Cc1cccc(C[C@H](NC(=O)Nc2ccc(Cl)cc2F)C(=O)N[C@@H]2C(=O)N3C[C@H](O)C[C@H]3C(=O)N3CCCC[C@H]3C(=O)N[C@@H](C)C(=O)N3CCC[C@H]3C(=O)O[C@H]2C)c1. The number of hydrogen-bond donors (Lipinski definition) is 5. The number of halogens is 2. The van der Waals surface area contributed by atoms with E-state index in [2.05, 4.69) is 21.3 Å². The summed E-state index contributed by atoms with van der Waals surface area (Å²) in [5.41, 5.74) is 1.29. The maximum atomic E-state index is 14.7. The third-order valence-electron chi connectivity index (χ3n) is 11.1. The number of amides is 7. The molecule has 0 bridgehead atoms. The molecule has 4 aliphatic heterocycles. The molecule has 0 aromatic heterocycles. The summed E-state index contributed by atoms with van der Waals surface area (Å²) in [6, 6.07) is 2.51. The van der Waals surface area contributed by atoms with Gasteiger partial charge < -0.3 is 45.8 Å². The van der Waals surface area contributed by atoms with E-state index >= 15 is 0 Å². The number of rotatable bonds is 6. The van der Waals surface area contributed by atoms with Gasteiger partial charge in [-0.1, -0.05) is 41.4 Å². The smallest absolute Gasteiger partial charge is 0.329 e. The number of urea groups is 1. The topological polar surface area (TPSA) is 207 Å². The number of cyclic esters (lactones) is 1. The van der Waals surface area contributed by atoms with Gasteiger partial charge in [-0.2, -0.15) is 0 Å². The number of piperidine rings is 1. The second-order valence-electron chi connectivity index (χ2n) is 15.5. The maximum absolute atomic E-state index is 14.7. The van der Waals surface area contributed by atoms with Crippen molar-refractivity contribution in [3.63, 3.8) is 0 Å². The number of carbonyl (C=O) groups excluding carboxylic acids is 7. The van der Waals surface area contributed by atoms with Crippen LogP contribution in [0.5, 0.6) is 0 Å². The molecule has 2 aromatic rings. The van der Waals surface area contributed by atoms with E-state index in [-0.39, 0.29) is 49.6 Å². The normalized spacial score (nSPS) is 27.5. The number of anilines is 1. The fraction of sp³-hybridized carbons (Fsp3) is 0.525. The first-order valence-electron chi connectivity index (χ1n) is 19.6. The van der Waals surface area contributed by atoms with Crippen LogP contribution in [0.25, 0.3) is 0 Å². The Hall–Kier alpha value is -5.29. The number of ether oxygens (including phenoxy) is 1. The minimum atomic E-state index is -1.66. The third kappa shape index (κ3) is 9.52. The van der Waals surface area contributed by atoms with Gasteiger partial charge in [-0.15, -0.1) is 0 Å². The van der Waals surface area contributed by atoms with Crippen LogP contribution in [0.2, 0.25) is 5.02 Å². The first-order valence-corrected chi connectivity index (χ1v) is 20.0. The number of aliphatic hydroxyl groups excluding tert-OH is 1. The van der Waals surface area contributed by atoms with Crippen LogP contribution in [0.4, 0.5) is 14.9 Å². The Kier molecular flexibility index (Phi) is 13.2. The van der Waals surface area contributed by atoms with Gasteiger partial charge in [0.2, 0.25) is 29.5 Å². The largest absolute Gasteiger partial charge is 0.458 e. The second kappa shape index (κ2) is 18.1. The van der Waals surface area contributed by atoms with Crippen molar-refractivity contribution in [2.75, 3.05) is 25.0 Å². The first kappa shape index (κ1) is 42.3. The molecule has 312 valence electrons. The number of aliphatic hydroxyl groups is 1. The summed E-state index contributed by atoms with van der Waals surface area (Å²) in [6.07, 6.45) is -0.523. The van der Waals surface area contributed by atoms with Gasteiger partial charge >= 0.3 is 12.0 Å². The quantitative estimate of drug-likeness (QED) is 0.269. The van der Waals surface area contributed by atoms with E-state index in [1.165, 1.54) is 35.8 Å². The molecule has 0 radical (unpaired) electrons. The van der Waals surface area contributed by atoms with Gasteiger partial charge in [-0.3, -0.25) is 24.0 Å². The average Bonchev–Trinajstić information content (AvgIpc) is 3.84. The van der Waals surface area contributed by atoms with Crippen molar-refractivity contribution in [2.24, 2.45) is 0 Å². The number of nitrogens with one attached hydrogen (secondary N) is 4. The molecular formula is C40H49ClFN7O9. The average molecular weight is 826 g/mol. The van der Waals surface area contributed by atoms with Gasteiger partial charge in [0.25, 0.3) is 0 Å². The molecule has 4 fully saturated rings. The van der Waals surface area contributed by atoms with Crippen LogP contribution in [0.1, 0.15) is 63.5 Å². The highest BCUT2D eigenvalue weighted by Gasteiger charge is 2.48. The molecule has 16 nitrogen and oxygen atoms in total. The highest BCUT2D eigenvalue weighted by molar-refractivity contribution is 6.30. The van der Waals surface area contributed by atoms with Crippen molar-refractivity contribution in [2.45, 2.75) is 114 Å². The summed E-state index contributed by atoms with van der Waals surface area (Å²) in [4.78, 5) is 102. The zero-order valence-corrected chi connectivity index (χ0v) is 33.3. The Morgan fingerprint density at radius 1 is 0.931 bits per heavy atom. The predicted octanol–water partition coefficient (Wildman–Crippen LogP) is 1.79. The number of benzene rings is 2. The lowest BCUT2D eigenvalue weighted by atomic mass is 9.98. The lowest BCUT2D eigenvalue weighted by Gasteiger charge is -2.39. The van der Waals surface area contributed by atoms with Gasteiger partial charge in [0.15, 0.2) is 0 Å². The monoisotopic (exact) mass is 825 g/mol. The lowest BCUT2D eigenvalue weighted by molar-refractivity contribution is -0.163. The van der Waals surface area contributed by atoms with E-state index < -0.39 is 95.8 Å². The highest BCUT2D eigenvalue weighted by atomic mass is 35.5. The molecule has 18 heteroatoms. The molecule has 0 spiro atoms. The van der Waals surface area contributed by atoms with Crippen LogP contribution in [0.15, 0.2) is 42.5 Å². The van der Waals surface area contributed by atoms with Crippen molar-refractivity contribution in [3.05, 3.63) is 64.4 Å². The van der Waals surface area contributed by atoms with E-state index in [9.17, 15) is 43.1 Å². The number of hydrogen-bond acceptors (Lipinski definition) is 9. The fourth-order valence-electron chi connectivity index (χ4n) is 8.18. The minimum Gasteiger partial charge on any atom is -0.458 e. The van der Waals surface area contributed by atoms with Gasteiger partial charge in [-0.25, -0.2) is 14.0 Å². The van der Waals surface area contributed by atoms with Crippen LogP contribution in [-0.2, 0) is 39.9 Å². The van der Waals surface area contributed by atoms with E-state index in [0.717, 1.165) is 16.5 Å². The molecule has 8 atom stereocenters. The molecule has 6 rings (SSSR count). The molecule has 4 heterocycles. The van der Waals surface area contributed by atoms with Crippen molar-refractivity contribution in [3.8, 4) is 0 Å². The van der Waals surface area contributed by atoms with Gasteiger partial charge in [0.1, 0.15) is 48.2 Å². The van der Waals surface area contributed by atoms with E-state index in [4.69, 9.17) is 16.3 Å². The molecule has 4 aliphatic rings. The zero-order chi connectivity index (χ0) is 41.8. The Labute approximate surface area is 340 Å². The summed E-state index contributed by atoms with van der Waals surface area (Å²) in [6.45, 7) is 4.85. The molecule has 0 unspecified atom stereocenters. The van der Waals surface area contributed by atoms with Gasteiger partial charge in [0, 0.05) is 37.5 Å². The van der Waals surface area contributed by atoms with Gasteiger partial charge in [-0.05, 0) is 76.6 Å². The Morgan fingerprint density at radius 3 is 2.40 bits per heavy atom. The molecule has 2 aromatic carbocycles. The highest BCUT2D eigenvalue weighted by Crippen LogP contribution is 2.28. The number of fused-ring (bicyclic) bond motifs is 3. The third-order valence-corrected chi connectivity index (χ3v) is 11.4. The summed E-state index contributed by atoms with van der Waals surface area (Å²) in [7, 11) is 0. The predicted molar refractivity (Wildman–Crippen MR) is 208 cm³/mol. The van der Waals surface area contributed by atoms with Crippen LogP contribution in [0.3, 0.4) is 0 Å². The molecule has 0 aliphatic carbocycles. The first-order chi connectivity index (χ1) is 27.6. The summed E-state index contributed by atoms with van der Waals surface area (Å²) in [5.74, 6) is -5.06. The molecule has 0 saturated carbocycles. The second-order valence-corrected chi connectivity index (χ2v) is 15.9. The molecule has 4 saturated heterocycles. The van der Waals surface area contributed by atoms with Crippen molar-refractivity contribution in [1.29, 1.82) is 0 Å². The lowest BCUT2D eigenvalue weighted by Crippen LogP contribution is -2.63. The Balaban J connectivity index is 1.34. The molecule has 5 N–H and O–H groups in total. The van der Waals surface area contributed by atoms with E-state index in [0.29, 0.717) is 31.2 Å². The molecular weight excluding hydrogens is 777 g/mol. The number of esters is 1. The Morgan fingerprint density at radius 2 is 1.66 bits per heavy atom. The number of nitrogens with zero attached hydrogens (tertiary/aromatic N) is 3. The maximum Gasteiger partial charge on any atom is 0.329 e. The molecule has 7 amide bonds. The summed E-state index contributed by atoms with van der Waals surface area (Å²) >= 11 is 5.87. The van der Waals surface area contributed by atoms with E-state index in [1.54, 1.807) is 18.2 Å². The number of carbonyl (C=O) groups is 7. The Bertz CT molecular complexity index is 1950. The summed E-state index contributed by atoms with van der Waals surface area (Å²) in [5, 5.41) is 21.3. The standard InChI is InChI=1S/C40H49ClFN7O9/c1-21-8-6-9-24(16-21)17-29(45-40(57)44-28-13-12-25(41)18-27(28)42)34(51)46-33-23(3)58-39(56)31-11-7-15-48(31)36(53)22(2)43-35(52)30-10-4-5-14-47(30)37(54)32-19-26(50)20-49(32)38(33)55/h6,8-9,12-13,16,18,22-23,26,29-33,50H,4-5,7,10-11,14-15,17,19-20H2,1-3H3,(H,43,52)(H,46,51)(H2,44,45,57)/t22-,23-,26+,29-,30-,31-,32-,33-/m0/s1. The summed E-state index contributed by atoms with van der Waals surface area (Å²) < 4.78 is 20.5.